The van der Waals surface area contributed by atoms with E-state index in [2.05, 4.69) is 15.3 Å². The van der Waals surface area contributed by atoms with Gasteiger partial charge in [-0.1, -0.05) is 11.6 Å². The molecule has 1 atom stereocenters. The molecule has 3 rings (SSSR count). The van der Waals surface area contributed by atoms with Gasteiger partial charge in [0.05, 0.1) is 6.20 Å². The topological polar surface area (TPSA) is 85.1 Å². The van der Waals surface area contributed by atoms with E-state index in [9.17, 15) is 9.59 Å². The van der Waals surface area contributed by atoms with E-state index in [-0.39, 0.29) is 17.3 Å². The number of halogens is 1. The number of aryl methyl sites for hydroxylation is 1. The Labute approximate surface area is 156 Å². The van der Waals surface area contributed by atoms with E-state index in [1.807, 2.05) is 18.7 Å². The van der Waals surface area contributed by atoms with Crippen molar-refractivity contribution in [3.63, 3.8) is 0 Å². The Morgan fingerprint density at radius 2 is 2.12 bits per heavy atom. The third-order valence-corrected chi connectivity index (χ3v) is 4.92. The van der Waals surface area contributed by atoms with Crippen molar-refractivity contribution >= 4 is 23.1 Å². The molecule has 9 heteroatoms. The van der Waals surface area contributed by atoms with Gasteiger partial charge in [-0.25, -0.2) is 14.8 Å². The van der Waals surface area contributed by atoms with Crippen molar-refractivity contribution in [1.82, 2.24) is 19.1 Å². The summed E-state index contributed by atoms with van der Waals surface area (Å²) in [5.41, 5.74) is 0.0692. The summed E-state index contributed by atoms with van der Waals surface area (Å²) in [6, 6.07) is 0.104. The van der Waals surface area contributed by atoms with Gasteiger partial charge in [0, 0.05) is 38.4 Å². The number of aromatic nitrogens is 4. The number of nitrogens with zero attached hydrogens (tertiary/aromatic N) is 5. The predicted octanol–water partition coefficient (Wildman–Crippen LogP) is 1.57. The third kappa shape index (κ3) is 3.60. The van der Waals surface area contributed by atoms with Crippen LogP contribution in [0.15, 0.2) is 28.3 Å². The van der Waals surface area contributed by atoms with E-state index in [1.54, 1.807) is 17.0 Å². The lowest BCUT2D eigenvalue weighted by molar-refractivity contribution is 0.517. The van der Waals surface area contributed by atoms with Crippen molar-refractivity contribution in [3.05, 3.63) is 44.6 Å². The Balaban J connectivity index is 1.87. The highest BCUT2D eigenvalue weighted by Gasteiger charge is 2.24. The van der Waals surface area contributed by atoms with Crippen molar-refractivity contribution in [1.29, 1.82) is 0 Å². The Morgan fingerprint density at radius 3 is 2.81 bits per heavy atom. The second-order valence-electron chi connectivity index (χ2n) is 6.28. The fraction of sp³-hybridized carbons (Fsp3) is 0.529. The molecule has 140 valence electrons. The molecule has 0 aliphatic carbocycles. The Bertz CT molecular complexity index is 894. The first kappa shape index (κ1) is 18.4. The van der Waals surface area contributed by atoms with Gasteiger partial charge in [0.1, 0.15) is 22.9 Å². The highest BCUT2D eigenvalue weighted by Crippen LogP contribution is 2.22. The highest BCUT2D eigenvalue weighted by molar-refractivity contribution is 6.32. The van der Waals surface area contributed by atoms with Crippen LogP contribution in [0, 0.1) is 0 Å². The van der Waals surface area contributed by atoms with Crippen LogP contribution in [-0.2, 0) is 13.1 Å². The molecule has 8 nitrogen and oxygen atoms in total. The zero-order valence-electron chi connectivity index (χ0n) is 15.0. The summed E-state index contributed by atoms with van der Waals surface area (Å²) < 4.78 is 2.87. The van der Waals surface area contributed by atoms with Crippen molar-refractivity contribution in [2.45, 2.75) is 45.8 Å². The minimum Gasteiger partial charge on any atom is -0.364 e. The van der Waals surface area contributed by atoms with E-state index >= 15 is 0 Å². The maximum atomic E-state index is 12.8. The molecule has 2 aromatic heterocycles. The van der Waals surface area contributed by atoms with Crippen LogP contribution in [0.5, 0.6) is 0 Å². The summed E-state index contributed by atoms with van der Waals surface area (Å²) in [7, 11) is 0. The fourth-order valence-corrected chi connectivity index (χ4v) is 3.45. The van der Waals surface area contributed by atoms with Crippen LogP contribution in [-0.4, -0.2) is 38.2 Å². The van der Waals surface area contributed by atoms with Crippen LogP contribution < -0.4 is 21.5 Å². The van der Waals surface area contributed by atoms with Gasteiger partial charge >= 0.3 is 5.69 Å². The van der Waals surface area contributed by atoms with Crippen LogP contribution in [0.4, 0.5) is 11.5 Å². The maximum Gasteiger partial charge on any atom is 0.331 e. The summed E-state index contributed by atoms with van der Waals surface area (Å²) >= 11 is 6.13. The van der Waals surface area contributed by atoms with Crippen LogP contribution in [0.2, 0.25) is 5.02 Å². The number of piperidine rings is 1. The lowest BCUT2D eigenvalue weighted by atomic mass is 10.1. The second kappa shape index (κ2) is 7.90. The quantitative estimate of drug-likeness (QED) is 0.850. The van der Waals surface area contributed by atoms with Crippen LogP contribution in [0.3, 0.4) is 0 Å². The molecule has 1 fully saturated rings. The molecule has 0 aromatic carbocycles. The molecule has 3 heterocycles. The monoisotopic (exact) mass is 378 g/mol. The van der Waals surface area contributed by atoms with E-state index in [0.717, 1.165) is 19.4 Å². The lowest BCUT2D eigenvalue weighted by Gasteiger charge is -2.34. The molecule has 1 unspecified atom stereocenters. The zero-order chi connectivity index (χ0) is 18.7. The molecule has 0 bridgehead atoms. The zero-order valence-corrected chi connectivity index (χ0v) is 15.7. The van der Waals surface area contributed by atoms with Crippen molar-refractivity contribution in [2.24, 2.45) is 0 Å². The van der Waals surface area contributed by atoms with E-state index < -0.39 is 0 Å². The third-order valence-electron chi connectivity index (χ3n) is 4.65. The van der Waals surface area contributed by atoms with E-state index in [4.69, 9.17) is 11.6 Å². The van der Waals surface area contributed by atoms with Gasteiger partial charge in [-0.3, -0.25) is 13.9 Å². The fourth-order valence-electron chi connectivity index (χ4n) is 3.29. The largest absolute Gasteiger partial charge is 0.364 e. The van der Waals surface area contributed by atoms with Gasteiger partial charge in [0.25, 0.3) is 5.56 Å². The second-order valence-corrected chi connectivity index (χ2v) is 6.69. The molecule has 2 aromatic rings. The molecular weight excluding hydrogens is 356 g/mol. The maximum absolute atomic E-state index is 12.8. The van der Waals surface area contributed by atoms with Crippen molar-refractivity contribution in [3.8, 4) is 0 Å². The Hall–Kier alpha value is -2.35. The number of hydrogen-bond donors (Lipinski definition) is 1. The first-order valence-electron chi connectivity index (χ1n) is 8.86. The standard InChI is InChI=1S/C17H23ClN6O2/c1-3-22-10-14(16(25)24(4-2)17(22)26)23-7-5-6-12(9-23)21-15-13(18)8-19-11-20-15/h8,10-12H,3-7,9H2,1-2H3,(H,19,20,21). The van der Waals surface area contributed by atoms with Gasteiger partial charge in [-0.05, 0) is 26.7 Å². The molecule has 0 radical (unpaired) electrons. The van der Waals surface area contributed by atoms with Gasteiger partial charge in [-0.2, -0.15) is 0 Å². The number of hydrogen-bond acceptors (Lipinski definition) is 6. The number of anilines is 2. The smallest absolute Gasteiger partial charge is 0.331 e. The van der Waals surface area contributed by atoms with Gasteiger partial charge in [0.2, 0.25) is 0 Å². The number of rotatable bonds is 5. The Kier molecular flexibility index (Phi) is 5.61. The minimum absolute atomic E-state index is 0.104. The van der Waals surface area contributed by atoms with Crippen LogP contribution in [0.25, 0.3) is 0 Å². The highest BCUT2D eigenvalue weighted by atomic mass is 35.5. The van der Waals surface area contributed by atoms with Crippen molar-refractivity contribution < 1.29 is 0 Å². The average molecular weight is 379 g/mol. The summed E-state index contributed by atoms with van der Waals surface area (Å²) in [6.07, 6.45) is 6.56. The Morgan fingerprint density at radius 1 is 1.31 bits per heavy atom. The molecule has 0 amide bonds. The lowest BCUT2D eigenvalue weighted by Crippen LogP contribution is -2.48. The molecule has 1 saturated heterocycles. The summed E-state index contributed by atoms with van der Waals surface area (Å²) in [6.45, 7) is 6.01. The molecule has 1 aliphatic rings. The predicted molar refractivity (Wildman–Crippen MR) is 102 cm³/mol. The van der Waals surface area contributed by atoms with E-state index in [0.29, 0.717) is 36.2 Å². The molecule has 1 N–H and O–H groups in total. The van der Waals surface area contributed by atoms with Gasteiger partial charge in [0.15, 0.2) is 0 Å². The van der Waals surface area contributed by atoms with Crippen LogP contribution in [0.1, 0.15) is 26.7 Å². The first-order valence-corrected chi connectivity index (χ1v) is 9.24. The average Bonchev–Trinajstić information content (AvgIpc) is 2.64. The summed E-state index contributed by atoms with van der Waals surface area (Å²) in [5, 5.41) is 3.80. The number of nitrogens with one attached hydrogen (secondary N) is 1. The summed E-state index contributed by atoms with van der Waals surface area (Å²) in [4.78, 5) is 35.1. The van der Waals surface area contributed by atoms with E-state index in [1.165, 1.54) is 10.9 Å². The minimum atomic E-state index is -0.261. The molecule has 26 heavy (non-hydrogen) atoms. The normalized spacial score (nSPS) is 17.3. The first-order chi connectivity index (χ1) is 12.5. The van der Waals surface area contributed by atoms with Gasteiger partial charge < -0.3 is 10.2 Å². The van der Waals surface area contributed by atoms with Crippen LogP contribution >= 0.6 is 11.6 Å². The van der Waals surface area contributed by atoms with Crippen molar-refractivity contribution in [2.75, 3.05) is 23.3 Å². The molecular formula is C17H23ClN6O2. The molecule has 0 spiro atoms. The molecule has 1 aliphatic heterocycles. The SMILES string of the molecule is CCn1cc(N2CCCC(Nc3ncncc3Cl)C2)c(=O)n(CC)c1=O. The van der Waals surface area contributed by atoms with Gasteiger partial charge in [-0.15, -0.1) is 0 Å². The summed E-state index contributed by atoms with van der Waals surface area (Å²) in [5.74, 6) is 0.595. The molecule has 0 saturated carbocycles.